The Morgan fingerprint density at radius 3 is 2.21 bits per heavy atom. The van der Waals surface area contributed by atoms with Crippen LogP contribution in [0.3, 0.4) is 0 Å². The number of anilines is 1. The summed E-state index contributed by atoms with van der Waals surface area (Å²) in [6.07, 6.45) is 3.76. The number of benzene rings is 3. The highest BCUT2D eigenvalue weighted by molar-refractivity contribution is 6.30. The van der Waals surface area contributed by atoms with E-state index in [9.17, 15) is 4.79 Å². The van der Waals surface area contributed by atoms with Crippen LogP contribution in [0.2, 0.25) is 5.02 Å². The van der Waals surface area contributed by atoms with E-state index >= 15 is 0 Å². The molecule has 0 N–H and O–H groups in total. The number of carbonyl (C=O) groups is 1. The van der Waals surface area contributed by atoms with Gasteiger partial charge in [-0.25, -0.2) is 0 Å². The number of rotatable bonds is 3. The summed E-state index contributed by atoms with van der Waals surface area (Å²) in [5.41, 5.74) is 4.47. The van der Waals surface area contributed by atoms with Crippen LogP contribution < -0.4 is 4.90 Å². The molecule has 0 aromatic heterocycles. The van der Waals surface area contributed by atoms with Gasteiger partial charge in [0.15, 0.2) is 0 Å². The minimum atomic E-state index is -0.112. The normalized spacial score (nSPS) is 14.9. The summed E-state index contributed by atoms with van der Waals surface area (Å²) in [4.78, 5) is 14.9. The van der Waals surface area contributed by atoms with Crippen LogP contribution in [0.15, 0.2) is 90.5 Å². The summed E-state index contributed by atoms with van der Waals surface area (Å²) in [6.45, 7) is 0. The Labute approximate surface area is 168 Å². The van der Waals surface area contributed by atoms with Gasteiger partial charge in [0, 0.05) is 16.3 Å². The van der Waals surface area contributed by atoms with E-state index < -0.39 is 0 Å². The van der Waals surface area contributed by atoms with Crippen LogP contribution in [0.4, 0.5) is 5.69 Å². The molecule has 0 saturated carbocycles. The van der Waals surface area contributed by atoms with Gasteiger partial charge in [0.05, 0.1) is 17.3 Å². The molecule has 4 rings (SSSR count). The third-order valence-corrected chi connectivity index (χ3v) is 4.75. The van der Waals surface area contributed by atoms with Gasteiger partial charge in [0.25, 0.3) is 5.91 Å². The van der Waals surface area contributed by atoms with Crippen molar-refractivity contribution >= 4 is 35.0 Å². The van der Waals surface area contributed by atoms with E-state index in [0.717, 1.165) is 16.8 Å². The monoisotopic (exact) mass is 382 g/mol. The summed E-state index contributed by atoms with van der Waals surface area (Å²) < 4.78 is 0. The number of hydrogen-bond donors (Lipinski definition) is 0. The van der Waals surface area contributed by atoms with Crippen molar-refractivity contribution in [1.82, 2.24) is 0 Å². The van der Waals surface area contributed by atoms with Crippen molar-refractivity contribution in [3.05, 3.63) is 112 Å². The molecule has 3 nitrogen and oxygen atoms in total. The Morgan fingerprint density at radius 1 is 0.893 bits per heavy atom. The molecule has 3 aromatic carbocycles. The number of hydrogen-bond acceptors (Lipinski definition) is 2. The highest BCUT2D eigenvalue weighted by atomic mass is 35.5. The molecule has 0 radical (unpaired) electrons. The highest BCUT2D eigenvalue weighted by Gasteiger charge is 2.30. The molecule has 0 saturated heterocycles. The lowest BCUT2D eigenvalue weighted by molar-refractivity contribution is -0.113. The van der Waals surface area contributed by atoms with Gasteiger partial charge in [-0.1, -0.05) is 54.1 Å². The molecule has 1 heterocycles. The first-order chi connectivity index (χ1) is 13.7. The molecule has 28 heavy (non-hydrogen) atoms. The first kappa shape index (κ1) is 17.8. The van der Waals surface area contributed by atoms with Crippen molar-refractivity contribution < 1.29 is 4.79 Å². The molecule has 134 valence electrons. The van der Waals surface area contributed by atoms with E-state index in [2.05, 4.69) is 6.07 Å². The van der Waals surface area contributed by atoms with E-state index in [1.54, 1.807) is 41.3 Å². The van der Waals surface area contributed by atoms with Gasteiger partial charge >= 0.3 is 0 Å². The van der Waals surface area contributed by atoms with Gasteiger partial charge in [0.2, 0.25) is 0 Å². The lowest BCUT2D eigenvalue weighted by Gasteiger charge is -2.21. The van der Waals surface area contributed by atoms with Crippen LogP contribution in [0.5, 0.6) is 0 Å². The summed E-state index contributed by atoms with van der Waals surface area (Å²) in [5.74, 6) is -0.112. The molecule has 0 bridgehead atoms. The van der Waals surface area contributed by atoms with E-state index in [1.165, 1.54) is 0 Å². The molecule has 4 heteroatoms. The molecular weight excluding hydrogens is 368 g/mol. The molecular formula is C24H15ClN2O. The number of amides is 1. The van der Waals surface area contributed by atoms with Crippen LogP contribution in [0.1, 0.15) is 16.7 Å². The number of nitrogens with zero attached hydrogens (tertiary/aromatic N) is 2. The molecule has 1 amide bonds. The first-order valence-corrected chi connectivity index (χ1v) is 9.12. The molecule has 0 fully saturated rings. The topological polar surface area (TPSA) is 44.1 Å². The van der Waals surface area contributed by atoms with Gasteiger partial charge in [0.1, 0.15) is 0 Å². The average Bonchev–Trinajstić information content (AvgIpc) is 3.05. The van der Waals surface area contributed by atoms with Crippen LogP contribution in [0, 0.1) is 11.3 Å². The van der Waals surface area contributed by atoms with Crippen LogP contribution >= 0.6 is 11.6 Å². The highest BCUT2D eigenvalue weighted by Crippen LogP contribution is 2.35. The van der Waals surface area contributed by atoms with Crippen molar-refractivity contribution in [2.45, 2.75) is 0 Å². The number of halogens is 1. The smallest absolute Gasteiger partial charge is 0.262 e. The zero-order chi connectivity index (χ0) is 19.5. The first-order valence-electron chi connectivity index (χ1n) is 8.75. The lowest BCUT2D eigenvalue weighted by Crippen LogP contribution is -2.24. The fourth-order valence-corrected chi connectivity index (χ4v) is 3.24. The zero-order valence-electron chi connectivity index (χ0n) is 14.8. The second kappa shape index (κ2) is 7.56. The van der Waals surface area contributed by atoms with Crippen LogP contribution in [-0.2, 0) is 4.79 Å². The third kappa shape index (κ3) is 3.46. The molecule has 0 aliphatic carbocycles. The second-order valence-electron chi connectivity index (χ2n) is 6.35. The summed E-state index contributed by atoms with van der Waals surface area (Å²) in [5, 5.41) is 9.68. The maximum atomic E-state index is 13.2. The largest absolute Gasteiger partial charge is 0.276 e. The van der Waals surface area contributed by atoms with Gasteiger partial charge in [-0.05, 0) is 59.7 Å². The van der Waals surface area contributed by atoms with Gasteiger partial charge < -0.3 is 0 Å². The van der Waals surface area contributed by atoms with Crippen LogP contribution in [0.25, 0.3) is 11.8 Å². The van der Waals surface area contributed by atoms with Gasteiger partial charge in [-0.15, -0.1) is 0 Å². The van der Waals surface area contributed by atoms with E-state index in [0.29, 0.717) is 21.8 Å². The van der Waals surface area contributed by atoms with Crippen molar-refractivity contribution in [3.8, 4) is 6.07 Å². The Kier molecular flexibility index (Phi) is 4.80. The number of nitriles is 1. The van der Waals surface area contributed by atoms with E-state index in [1.807, 2.05) is 54.6 Å². The maximum absolute atomic E-state index is 13.2. The predicted octanol–water partition coefficient (Wildman–Crippen LogP) is 5.68. The van der Waals surface area contributed by atoms with Crippen molar-refractivity contribution in [2.75, 3.05) is 4.90 Å². The van der Waals surface area contributed by atoms with Gasteiger partial charge in [-0.2, -0.15) is 5.26 Å². The fraction of sp³-hybridized carbons (Fsp3) is 0. The maximum Gasteiger partial charge on any atom is 0.262 e. The van der Waals surface area contributed by atoms with E-state index in [-0.39, 0.29) is 5.91 Å². The molecule has 3 aromatic rings. The summed E-state index contributed by atoms with van der Waals surface area (Å²) in [7, 11) is 0. The van der Waals surface area contributed by atoms with Crippen molar-refractivity contribution in [3.63, 3.8) is 0 Å². The molecule has 1 aliphatic rings. The van der Waals surface area contributed by atoms with Crippen molar-refractivity contribution in [2.24, 2.45) is 0 Å². The standard InChI is InChI=1S/C24H15ClN2O/c25-21-10-8-19(9-11-21)23-15-20(14-17-4-2-1-3-5-17)24(28)27(23)22-12-6-18(16-26)7-13-22/h1-15H/b20-14+. The van der Waals surface area contributed by atoms with Crippen LogP contribution in [-0.4, -0.2) is 5.91 Å². The Bertz CT molecular complexity index is 1120. The molecule has 1 aliphatic heterocycles. The predicted molar refractivity (Wildman–Crippen MR) is 112 cm³/mol. The van der Waals surface area contributed by atoms with Gasteiger partial charge in [-0.3, -0.25) is 9.69 Å². The quantitative estimate of drug-likeness (QED) is 0.547. The minimum absolute atomic E-state index is 0.112. The minimum Gasteiger partial charge on any atom is -0.276 e. The zero-order valence-corrected chi connectivity index (χ0v) is 15.6. The summed E-state index contributed by atoms with van der Waals surface area (Å²) >= 11 is 6.03. The average molecular weight is 383 g/mol. The molecule has 0 spiro atoms. The number of carbonyl (C=O) groups excluding carboxylic acids is 1. The SMILES string of the molecule is N#Cc1ccc(N2C(=O)/C(=C/c3ccccc3)C=C2c2ccc(Cl)cc2)cc1. The Balaban J connectivity index is 1.81. The Hall–Kier alpha value is -3.61. The van der Waals surface area contributed by atoms with Crippen molar-refractivity contribution in [1.29, 1.82) is 5.26 Å². The molecule has 0 atom stereocenters. The fourth-order valence-electron chi connectivity index (χ4n) is 3.12. The molecule has 0 unspecified atom stereocenters. The summed E-state index contributed by atoms with van der Waals surface area (Å²) in [6, 6.07) is 26.2. The van der Waals surface area contributed by atoms with E-state index in [4.69, 9.17) is 16.9 Å². The Morgan fingerprint density at radius 2 is 1.57 bits per heavy atom. The second-order valence-corrected chi connectivity index (χ2v) is 6.78. The third-order valence-electron chi connectivity index (χ3n) is 4.50. The lowest BCUT2D eigenvalue weighted by atomic mass is 10.1.